The largest absolute Gasteiger partial charge is 0.455 e. The van der Waals surface area contributed by atoms with Gasteiger partial charge in [-0.25, -0.2) is 18.4 Å². The number of sulfonamides is 1. The number of nitriles is 1. The second-order valence-electron chi connectivity index (χ2n) is 18.1. The Morgan fingerprint density at radius 3 is 1.55 bits per heavy atom. The highest BCUT2D eigenvalue weighted by Gasteiger charge is 2.24. The average Bonchev–Trinajstić information content (AvgIpc) is 4.10. The van der Waals surface area contributed by atoms with Gasteiger partial charge in [-0.05, 0) is 66.1 Å². The molecule has 1 aliphatic rings. The highest BCUT2D eigenvalue weighted by molar-refractivity contribution is 7.93. The van der Waals surface area contributed by atoms with Gasteiger partial charge in [0.25, 0.3) is 10.0 Å². The zero-order valence-electron chi connectivity index (χ0n) is 46.9. The minimum absolute atomic E-state index is 0.0216. The Labute approximate surface area is 485 Å². The number of methoxy groups -OCH3 is 1. The number of piperazine rings is 1. The Kier molecular flexibility index (Phi) is 31.0. The summed E-state index contributed by atoms with van der Waals surface area (Å²) in [5.41, 5.74) is 4.66. The van der Waals surface area contributed by atoms with Gasteiger partial charge in [0.1, 0.15) is 29.7 Å². The summed E-state index contributed by atoms with van der Waals surface area (Å²) in [6.07, 6.45) is 3.25. The van der Waals surface area contributed by atoms with Gasteiger partial charge in [-0.2, -0.15) is 9.64 Å². The SMILES string of the molecule is COCCOCCOCCOCCOCCOCCOCCOCCOCCOCCOCCOCCC(=O)N1CCN(c2cc(-c3cc(-c4ccc(C)cc4)ccc3Oc3ccc(S(=O)(=O)Nc4ncns4)cc3C#N)ccn2)CC1. The van der Waals surface area contributed by atoms with E-state index in [0.29, 0.717) is 184 Å². The number of rotatable bonds is 44. The highest BCUT2D eigenvalue weighted by atomic mass is 32.2. The molecule has 23 nitrogen and oxygen atoms in total. The van der Waals surface area contributed by atoms with E-state index in [-0.39, 0.29) is 33.7 Å². The summed E-state index contributed by atoms with van der Waals surface area (Å²) in [5.74, 6) is 1.39. The van der Waals surface area contributed by atoms with E-state index in [1.807, 2.05) is 54.3 Å². The lowest BCUT2D eigenvalue weighted by atomic mass is 9.98. The predicted molar refractivity (Wildman–Crippen MR) is 306 cm³/mol. The van der Waals surface area contributed by atoms with Crippen LogP contribution in [-0.2, 0) is 71.7 Å². The molecule has 0 aliphatic carbocycles. The molecule has 1 fully saturated rings. The molecule has 0 spiro atoms. The third-order valence-electron chi connectivity index (χ3n) is 12.2. The van der Waals surface area contributed by atoms with Crippen molar-refractivity contribution in [2.75, 3.05) is 195 Å². The standard InChI is InChI=1S/C57H77N7O16S2/c1-46-3-5-47(6-4-46)48-7-9-54(80-53-10-8-51(41-50(53)44-58)82(66,67)62-57-60-45-61-81-57)52(42-48)49-11-13-59-55(43-49)63-14-16-64(17-15-63)56(65)12-18-69-21-22-71-25-26-73-29-30-75-33-34-77-37-38-79-40-39-78-36-35-76-32-31-74-28-27-72-24-23-70-20-19-68-2/h3-11,13,41-43,45H,12,14-40H2,1-2H3,(H,60,61,62). The van der Waals surface area contributed by atoms with Gasteiger partial charge in [0.05, 0.1) is 169 Å². The fraction of sp³-hybridized carbons (Fsp3) is 0.526. The first-order valence-corrected chi connectivity index (χ1v) is 29.6. The van der Waals surface area contributed by atoms with E-state index in [1.165, 1.54) is 24.5 Å². The molecule has 3 heterocycles. The van der Waals surface area contributed by atoms with Crippen LogP contribution in [-0.4, -0.2) is 219 Å². The van der Waals surface area contributed by atoms with Gasteiger partial charge in [0.2, 0.25) is 11.0 Å². The lowest BCUT2D eigenvalue weighted by Crippen LogP contribution is -2.49. The third-order valence-corrected chi connectivity index (χ3v) is 14.2. The summed E-state index contributed by atoms with van der Waals surface area (Å²) in [5, 5.41) is 10.2. The summed E-state index contributed by atoms with van der Waals surface area (Å²) >= 11 is 0.897. The number of hydrogen-bond donors (Lipinski definition) is 1. The number of aromatic nitrogens is 3. The molecule has 0 unspecified atom stereocenters. The van der Waals surface area contributed by atoms with Crippen molar-refractivity contribution in [1.82, 2.24) is 19.2 Å². The molecule has 1 amide bonds. The van der Waals surface area contributed by atoms with Crippen LogP contribution in [0.25, 0.3) is 22.3 Å². The maximum absolute atomic E-state index is 13.1. The van der Waals surface area contributed by atoms with Crippen LogP contribution in [0.2, 0.25) is 0 Å². The second kappa shape index (κ2) is 38.9. The number of pyridine rings is 1. The summed E-state index contributed by atoms with van der Waals surface area (Å²) in [6.45, 7) is 15.1. The molecule has 1 aliphatic heterocycles. The van der Waals surface area contributed by atoms with Crippen LogP contribution in [0.5, 0.6) is 11.5 Å². The number of ether oxygens (including phenoxy) is 13. The average molecular weight is 1180 g/mol. The van der Waals surface area contributed by atoms with Gasteiger partial charge in [-0.15, -0.1) is 0 Å². The van der Waals surface area contributed by atoms with Gasteiger partial charge in [-0.3, -0.25) is 9.52 Å². The molecule has 82 heavy (non-hydrogen) atoms. The molecule has 1 N–H and O–H groups in total. The van der Waals surface area contributed by atoms with Crippen molar-refractivity contribution < 1.29 is 74.8 Å². The molecular weight excluding hydrogens is 1100 g/mol. The van der Waals surface area contributed by atoms with Crippen molar-refractivity contribution in [3.63, 3.8) is 0 Å². The molecule has 1 saturated heterocycles. The Balaban J connectivity index is 0.774. The summed E-state index contributed by atoms with van der Waals surface area (Å²) in [4.78, 5) is 25.6. The number of hydrogen-bond acceptors (Lipinski definition) is 22. The number of aryl methyl sites for hydroxylation is 1. The van der Waals surface area contributed by atoms with Crippen molar-refractivity contribution in [2.45, 2.75) is 18.2 Å². The number of nitrogens with zero attached hydrogens (tertiary/aromatic N) is 6. The molecule has 0 bridgehead atoms. The third kappa shape index (κ3) is 24.6. The monoisotopic (exact) mass is 1180 g/mol. The zero-order valence-corrected chi connectivity index (χ0v) is 48.5. The van der Waals surface area contributed by atoms with E-state index in [4.69, 9.17) is 66.6 Å². The number of carbonyl (C=O) groups excluding carboxylic acids is 1. The van der Waals surface area contributed by atoms with Crippen LogP contribution in [0.4, 0.5) is 10.9 Å². The number of nitrogens with one attached hydrogen (secondary N) is 1. The molecule has 6 rings (SSSR count). The summed E-state index contributed by atoms with van der Waals surface area (Å²) < 4.78 is 104. The molecule has 448 valence electrons. The highest BCUT2D eigenvalue weighted by Crippen LogP contribution is 2.39. The van der Waals surface area contributed by atoms with Crippen molar-refractivity contribution in [3.8, 4) is 39.8 Å². The van der Waals surface area contributed by atoms with Gasteiger partial charge in [0.15, 0.2) is 0 Å². The first-order chi connectivity index (χ1) is 40.2. The molecule has 0 radical (unpaired) electrons. The molecule has 5 aromatic rings. The molecule has 0 saturated carbocycles. The van der Waals surface area contributed by atoms with Gasteiger partial charge >= 0.3 is 0 Å². The van der Waals surface area contributed by atoms with Crippen molar-refractivity contribution in [2.24, 2.45) is 0 Å². The Morgan fingerprint density at radius 1 is 0.573 bits per heavy atom. The predicted octanol–water partition coefficient (Wildman–Crippen LogP) is 5.91. The normalized spacial score (nSPS) is 12.7. The summed E-state index contributed by atoms with van der Waals surface area (Å²) in [7, 11) is -2.41. The van der Waals surface area contributed by atoms with Crippen molar-refractivity contribution in [1.29, 1.82) is 5.26 Å². The second-order valence-corrected chi connectivity index (χ2v) is 20.5. The van der Waals surface area contributed by atoms with E-state index in [9.17, 15) is 18.5 Å². The Morgan fingerprint density at radius 2 is 1.06 bits per heavy atom. The zero-order chi connectivity index (χ0) is 57.7. The van der Waals surface area contributed by atoms with E-state index < -0.39 is 10.0 Å². The van der Waals surface area contributed by atoms with E-state index in [1.54, 1.807) is 13.3 Å². The number of anilines is 2. The van der Waals surface area contributed by atoms with Crippen LogP contribution >= 0.6 is 11.5 Å². The van der Waals surface area contributed by atoms with E-state index in [2.05, 4.69) is 37.2 Å². The molecular formula is C57H77N7O16S2. The summed E-state index contributed by atoms with van der Waals surface area (Å²) in [6, 6.07) is 24.1. The quantitative estimate of drug-likeness (QED) is 0.0445. The van der Waals surface area contributed by atoms with Gasteiger partial charge in [0, 0.05) is 56.6 Å². The van der Waals surface area contributed by atoms with E-state index >= 15 is 0 Å². The molecule has 3 aromatic carbocycles. The molecule has 25 heteroatoms. The number of carbonyl (C=O) groups is 1. The first kappa shape index (κ1) is 65.4. The Hall–Kier alpha value is -5.80. The van der Waals surface area contributed by atoms with E-state index in [0.717, 1.165) is 45.2 Å². The van der Waals surface area contributed by atoms with Gasteiger partial charge in [-0.1, -0.05) is 35.9 Å². The fourth-order valence-electron chi connectivity index (χ4n) is 7.84. The van der Waals surface area contributed by atoms with Crippen LogP contribution in [0.1, 0.15) is 17.5 Å². The first-order valence-electron chi connectivity index (χ1n) is 27.3. The Bertz CT molecular complexity index is 2720. The maximum Gasteiger partial charge on any atom is 0.263 e. The minimum Gasteiger partial charge on any atom is -0.455 e. The van der Waals surface area contributed by atoms with Crippen LogP contribution in [0.3, 0.4) is 0 Å². The number of benzene rings is 3. The van der Waals surface area contributed by atoms with Crippen LogP contribution < -0.4 is 14.4 Å². The maximum atomic E-state index is 13.1. The number of amides is 1. The fourth-order valence-corrected chi connectivity index (χ4v) is 9.53. The minimum atomic E-state index is -4.05. The smallest absolute Gasteiger partial charge is 0.263 e. The van der Waals surface area contributed by atoms with Crippen LogP contribution in [0.15, 0.2) is 90.2 Å². The van der Waals surface area contributed by atoms with Gasteiger partial charge < -0.3 is 71.4 Å². The lowest BCUT2D eigenvalue weighted by Gasteiger charge is -2.35. The van der Waals surface area contributed by atoms with Crippen molar-refractivity contribution >= 4 is 38.4 Å². The topological polar surface area (TPSA) is 252 Å². The van der Waals surface area contributed by atoms with Crippen molar-refractivity contribution in [3.05, 3.63) is 96.4 Å². The molecule has 2 aromatic heterocycles. The lowest BCUT2D eigenvalue weighted by molar-refractivity contribution is -0.132. The molecule has 0 atom stereocenters. The van der Waals surface area contributed by atoms with Crippen LogP contribution in [0, 0.1) is 18.3 Å².